The van der Waals surface area contributed by atoms with Crippen molar-refractivity contribution in [2.75, 3.05) is 17.7 Å². The quantitative estimate of drug-likeness (QED) is 0.568. The molecule has 2 heterocycles. The molecule has 0 saturated heterocycles. The Balaban J connectivity index is 2.03. The smallest absolute Gasteiger partial charge is 0.224 e. The first-order valence-electron chi connectivity index (χ1n) is 7.58. The summed E-state index contributed by atoms with van der Waals surface area (Å²) in [7, 11) is 1.96. The van der Waals surface area contributed by atoms with Gasteiger partial charge < -0.3 is 15.6 Å². The first-order valence-corrected chi connectivity index (χ1v) is 7.96. The summed E-state index contributed by atoms with van der Waals surface area (Å²) in [5.74, 6) is 0.944. The predicted octanol–water partition coefficient (Wildman–Crippen LogP) is 4.42. The van der Waals surface area contributed by atoms with Crippen LogP contribution in [0.5, 0.6) is 0 Å². The number of hydrogen-bond acceptors (Lipinski definition) is 4. The summed E-state index contributed by atoms with van der Waals surface area (Å²) in [5, 5.41) is 2.43. The number of halogens is 1. The van der Waals surface area contributed by atoms with Crippen molar-refractivity contribution in [1.29, 1.82) is 0 Å². The molecule has 24 heavy (non-hydrogen) atoms. The van der Waals surface area contributed by atoms with E-state index in [1.807, 2.05) is 30.1 Å². The Morgan fingerprint density at radius 1 is 1.04 bits per heavy atom. The van der Waals surface area contributed by atoms with Gasteiger partial charge in [-0.25, -0.2) is 0 Å². The van der Waals surface area contributed by atoms with Gasteiger partial charge in [0, 0.05) is 23.6 Å². The molecule has 0 radical (unpaired) electrons. The summed E-state index contributed by atoms with van der Waals surface area (Å²) < 4.78 is 0. The summed E-state index contributed by atoms with van der Waals surface area (Å²) in [5.41, 5.74) is 9.73. The van der Waals surface area contributed by atoms with E-state index < -0.39 is 0 Å². The lowest BCUT2D eigenvalue weighted by Gasteiger charge is -2.20. The van der Waals surface area contributed by atoms with Crippen LogP contribution in [0, 0.1) is 6.92 Å². The van der Waals surface area contributed by atoms with Crippen LogP contribution in [0.2, 0.25) is 5.02 Å². The first kappa shape index (κ1) is 14.8. The van der Waals surface area contributed by atoms with Crippen LogP contribution in [0.3, 0.4) is 0 Å². The number of aryl methyl sites for hydroxylation is 1. The van der Waals surface area contributed by atoms with Crippen molar-refractivity contribution in [2.24, 2.45) is 0 Å². The molecule has 0 aliphatic heterocycles. The van der Waals surface area contributed by atoms with Gasteiger partial charge in [0.1, 0.15) is 11.5 Å². The lowest BCUT2D eigenvalue weighted by Crippen LogP contribution is -2.13. The molecule has 0 atom stereocenters. The molecule has 0 amide bonds. The molecule has 120 valence electrons. The molecule has 5 nitrogen and oxygen atoms in total. The molecule has 4 aromatic rings. The van der Waals surface area contributed by atoms with Crippen LogP contribution in [0.4, 0.5) is 17.5 Å². The van der Waals surface area contributed by atoms with E-state index in [9.17, 15) is 0 Å². The number of nitrogens with one attached hydrogen (secondary N) is 1. The van der Waals surface area contributed by atoms with Crippen LogP contribution < -0.4 is 10.6 Å². The van der Waals surface area contributed by atoms with Crippen molar-refractivity contribution in [2.45, 2.75) is 6.92 Å². The number of nitrogens with two attached hydrogens (primary N) is 1. The van der Waals surface area contributed by atoms with E-state index in [-0.39, 0.29) is 5.95 Å². The third-order valence-corrected chi connectivity index (χ3v) is 4.48. The number of nitrogen functional groups attached to an aromatic ring is 1. The number of nitrogens with zero attached hydrogens (tertiary/aromatic N) is 3. The SMILES string of the molecule is Cc1ccc(N(C)c2nc(N)nc3[nH]c4cccc(Cl)c4c23)cc1. The predicted molar refractivity (Wildman–Crippen MR) is 100 cm³/mol. The third-order valence-electron chi connectivity index (χ3n) is 4.16. The summed E-state index contributed by atoms with van der Waals surface area (Å²) in [6.45, 7) is 2.06. The Bertz CT molecular complexity index is 1050. The van der Waals surface area contributed by atoms with Crippen molar-refractivity contribution in [3.05, 3.63) is 53.1 Å². The maximum absolute atomic E-state index is 6.44. The van der Waals surface area contributed by atoms with Crippen molar-refractivity contribution in [3.63, 3.8) is 0 Å². The maximum Gasteiger partial charge on any atom is 0.224 e. The Hall–Kier alpha value is -2.79. The maximum atomic E-state index is 6.44. The van der Waals surface area contributed by atoms with Crippen LogP contribution in [0.25, 0.3) is 21.9 Å². The molecule has 0 aliphatic rings. The molecule has 2 aromatic carbocycles. The van der Waals surface area contributed by atoms with Gasteiger partial charge in [0.05, 0.1) is 10.4 Å². The van der Waals surface area contributed by atoms with Gasteiger partial charge in [0.2, 0.25) is 5.95 Å². The second-order valence-corrected chi connectivity index (χ2v) is 6.22. The lowest BCUT2D eigenvalue weighted by atomic mass is 10.1. The number of rotatable bonds is 2. The molecule has 0 aliphatic carbocycles. The van der Waals surface area contributed by atoms with Gasteiger partial charge in [-0.3, -0.25) is 0 Å². The normalized spacial score (nSPS) is 11.3. The van der Waals surface area contributed by atoms with Crippen molar-refractivity contribution in [1.82, 2.24) is 15.0 Å². The minimum absolute atomic E-state index is 0.221. The number of aromatic nitrogens is 3. The van der Waals surface area contributed by atoms with E-state index in [2.05, 4.69) is 46.1 Å². The molecule has 0 fully saturated rings. The minimum Gasteiger partial charge on any atom is -0.368 e. The highest BCUT2D eigenvalue weighted by Gasteiger charge is 2.18. The monoisotopic (exact) mass is 337 g/mol. The van der Waals surface area contributed by atoms with Crippen LogP contribution in [0.15, 0.2) is 42.5 Å². The molecule has 2 aromatic heterocycles. The average molecular weight is 338 g/mol. The fraction of sp³-hybridized carbons (Fsp3) is 0.111. The van der Waals surface area contributed by atoms with Crippen LogP contribution >= 0.6 is 11.6 Å². The van der Waals surface area contributed by atoms with Gasteiger partial charge in [-0.05, 0) is 31.2 Å². The minimum atomic E-state index is 0.221. The van der Waals surface area contributed by atoms with E-state index in [0.717, 1.165) is 27.8 Å². The fourth-order valence-electron chi connectivity index (χ4n) is 2.93. The van der Waals surface area contributed by atoms with E-state index in [1.54, 1.807) is 0 Å². The number of H-pyrrole nitrogens is 1. The standard InChI is InChI=1S/C18H16ClN5/c1-10-6-8-11(9-7-10)24(2)17-15-14-12(19)4-3-5-13(14)21-16(15)22-18(20)23-17/h3-9H,1-2H3,(H3,20,21,22,23). The summed E-state index contributed by atoms with van der Waals surface area (Å²) >= 11 is 6.44. The Labute approximate surface area is 144 Å². The molecule has 3 N–H and O–H groups in total. The number of benzene rings is 2. The summed E-state index contributed by atoms with van der Waals surface area (Å²) in [6.07, 6.45) is 0. The lowest BCUT2D eigenvalue weighted by molar-refractivity contribution is 1.12. The van der Waals surface area contributed by atoms with Gasteiger partial charge >= 0.3 is 0 Å². The molecular weight excluding hydrogens is 322 g/mol. The van der Waals surface area contributed by atoms with Gasteiger partial charge in [0.15, 0.2) is 0 Å². The topological polar surface area (TPSA) is 70.8 Å². The number of anilines is 3. The van der Waals surface area contributed by atoms with E-state index in [0.29, 0.717) is 10.7 Å². The van der Waals surface area contributed by atoms with Gasteiger partial charge in [-0.2, -0.15) is 9.97 Å². The Morgan fingerprint density at radius 2 is 1.79 bits per heavy atom. The van der Waals surface area contributed by atoms with Gasteiger partial charge in [-0.1, -0.05) is 35.4 Å². The van der Waals surface area contributed by atoms with E-state index in [4.69, 9.17) is 17.3 Å². The molecule has 0 bridgehead atoms. The molecule has 4 rings (SSSR count). The number of hydrogen-bond donors (Lipinski definition) is 2. The molecule has 0 spiro atoms. The number of aromatic amines is 1. The zero-order valence-electron chi connectivity index (χ0n) is 13.3. The van der Waals surface area contributed by atoms with Gasteiger partial charge in [0.25, 0.3) is 0 Å². The highest BCUT2D eigenvalue weighted by atomic mass is 35.5. The van der Waals surface area contributed by atoms with Crippen molar-refractivity contribution in [3.8, 4) is 0 Å². The zero-order chi connectivity index (χ0) is 16.8. The van der Waals surface area contributed by atoms with Crippen LogP contribution in [-0.2, 0) is 0 Å². The van der Waals surface area contributed by atoms with E-state index in [1.165, 1.54) is 5.56 Å². The third kappa shape index (κ3) is 2.25. The van der Waals surface area contributed by atoms with Gasteiger partial charge in [-0.15, -0.1) is 0 Å². The Kier molecular flexibility index (Phi) is 3.32. The average Bonchev–Trinajstić information content (AvgIpc) is 2.93. The van der Waals surface area contributed by atoms with Crippen LogP contribution in [0.1, 0.15) is 5.56 Å². The van der Waals surface area contributed by atoms with Crippen molar-refractivity contribution < 1.29 is 0 Å². The second kappa shape index (κ2) is 5.39. The Morgan fingerprint density at radius 3 is 2.54 bits per heavy atom. The second-order valence-electron chi connectivity index (χ2n) is 5.81. The largest absolute Gasteiger partial charge is 0.368 e. The fourth-order valence-corrected chi connectivity index (χ4v) is 3.20. The highest BCUT2D eigenvalue weighted by Crippen LogP contribution is 2.37. The van der Waals surface area contributed by atoms with Crippen molar-refractivity contribution >= 4 is 51.0 Å². The highest BCUT2D eigenvalue weighted by molar-refractivity contribution is 6.38. The molecular formula is C18H16ClN5. The van der Waals surface area contributed by atoms with E-state index >= 15 is 0 Å². The molecule has 6 heteroatoms. The van der Waals surface area contributed by atoms with Crippen LogP contribution in [-0.4, -0.2) is 22.0 Å². The first-order chi connectivity index (χ1) is 11.5. The molecule has 0 unspecified atom stereocenters. The summed E-state index contributed by atoms with van der Waals surface area (Å²) in [6, 6.07) is 14.0. The number of fused-ring (bicyclic) bond motifs is 3. The molecule has 0 saturated carbocycles. The zero-order valence-corrected chi connectivity index (χ0v) is 14.1. The summed E-state index contributed by atoms with van der Waals surface area (Å²) in [4.78, 5) is 14.1.